The van der Waals surface area contributed by atoms with Gasteiger partial charge in [0.15, 0.2) is 5.17 Å². The van der Waals surface area contributed by atoms with Gasteiger partial charge in [0.05, 0.1) is 7.11 Å². The smallest absolute Gasteiger partial charge is 0.159 e. The van der Waals surface area contributed by atoms with Crippen molar-refractivity contribution < 1.29 is 4.74 Å². The zero-order valence-electron chi connectivity index (χ0n) is 13.3. The summed E-state index contributed by atoms with van der Waals surface area (Å²) in [6.45, 7) is 2.50. The average Bonchev–Trinajstić information content (AvgIpc) is 2.63. The Morgan fingerprint density at radius 1 is 1.17 bits per heavy atom. The summed E-state index contributed by atoms with van der Waals surface area (Å²) in [4.78, 5) is 11.3. The molecule has 0 aliphatic carbocycles. The van der Waals surface area contributed by atoms with E-state index in [4.69, 9.17) is 9.73 Å². The Labute approximate surface area is 141 Å². The van der Waals surface area contributed by atoms with Gasteiger partial charge >= 0.3 is 0 Å². The zero-order chi connectivity index (χ0) is 15.9. The highest BCUT2D eigenvalue weighted by Crippen LogP contribution is 2.24. The van der Waals surface area contributed by atoms with Crippen LogP contribution in [-0.2, 0) is 13.1 Å². The maximum Gasteiger partial charge on any atom is 0.159 e. The highest BCUT2D eigenvalue weighted by molar-refractivity contribution is 8.13. The van der Waals surface area contributed by atoms with Gasteiger partial charge in [0.2, 0.25) is 0 Å². The number of thioether (sulfide) groups is 1. The molecule has 2 heterocycles. The number of rotatable bonds is 5. The van der Waals surface area contributed by atoms with Crippen LogP contribution >= 0.6 is 11.8 Å². The third kappa shape index (κ3) is 4.26. The summed E-state index contributed by atoms with van der Waals surface area (Å²) in [5.41, 5.74) is 2.36. The molecule has 0 bridgehead atoms. The third-order valence-corrected chi connectivity index (χ3v) is 4.84. The van der Waals surface area contributed by atoms with Crippen LogP contribution in [0.1, 0.15) is 17.5 Å². The molecule has 0 N–H and O–H groups in total. The summed E-state index contributed by atoms with van der Waals surface area (Å²) in [7, 11) is 1.72. The van der Waals surface area contributed by atoms with Gasteiger partial charge < -0.3 is 9.64 Å². The fraction of sp³-hybridized carbons (Fsp3) is 0.333. The van der Waals surface area contributed by atoms with Crippen LogP contribution in [-0.4, -0.2) is 34.5 Å². The number of pyridine rings is 1. The molecule has 0 spiro atoms. The molecule has 23 heavy (non-hydrogen) atoms. The summed E-state index contributed by atoms with van der Waals surface area (Å²) in [6.07, 6.45) is 4.88. The van der Waals surface area contributed by atoms with Gasteiger partial charge in [0.25, 0.3) is 0 Å². The number of hydrogen-bond acceptors (Lipinski definition) is 5. The Balaban J connectivity index is 1.84. The van der Waals surface area contributed by atoms with Crippen molar-refractivity contribution in [3.8, 4) is 5.75 Å². The van der Waals surface area contributed by atoms with Crippen molar-refractivity contribution in [2.24, 2.45) is 4.99 Å². The predicted octanol–water partition coefficient (Wildman–Crippen LogP) is 3.59. The molecule has 1 aliphatic rings. The van der Waals surface area contributed by atoms with Gasteiger partial charge in [0, 0.05) is 43.3 Å². The first kappa shape index (κ1) is 15.9. The monoisotopic (exact) mass is 327 g/mol. The van der Waals surface area contributed by atoms with Crippen molar-refractivity contribution >= 4 is 16.9 Å². The molecule has 0 atom stereocenters. The first-order valence-electron chi connectivity index (χ1n) is 7.80. The summed E-state index contributed by atoms with van der Waals surface area (Å²) in [5.74, 6) is 2.05. The van der Waals surface area contributed by atoms with Crippen molar-refractivity contribution in [3.05, 3.63) is 59.9 Å². The van der Waals surface area contributed by atoms with Crippen molar-refractivity contribution in [2.45, 2.75) is 19.5 Å². The van der Waals surface area contributed by atoms with Crippen LogP contribution in [0.5, 0.6) is 5.75 Å². The minimum atomic E-state index is 0.782. The number of nitrogens with zero attached hydrogens (tertiary/aromatic N) is 3. The quantitative estimate of drug-likeness (QED) is 0.841. The minimum Gasteiger partial charge on any atom is -0.496 e. The van der Waals surface area contributed by atoms with E-state index in [9.17, 15) is 0 Å². The van der Waals surface area contributed by atoms with E-state index in [0.29, 0.717) is 0 Å². The van der Waals surface area contributed by atoms with Crippen molar-refractivity contribution in [2.75, 3.05) is 19.4 Å². The average molecular weight is 327 g/mol. The number of hydrogen-bond donors (Lipinski definition) is 0. The lowest BCUT2D eigenvalue weighted by Crippen LogP contribution is -2.30. The lowest BCUT2D eigenvalue weighted by atomic mass is 10.2. The number of aliphatic imine (C=N–C) groups is 1. The minimum absolute atomic E-state index is 0.782. The molecule has 0 unspecified atom stereocenters. The Morgan fingerprint density at radius 2 is 2.09 bits per heavy atom. The lowest BCUT2D eigenvalue weighted by Gasteiger charge is -2.28. The van der Waals surface area contributed by atoms with Gasteiger partial charge in [-0.3, -0.25) is 9.98 Å². The van der Waals surface area contributed by atoms with Crippen LogP contribution in [0, 0.1) is 0 Å². The van der Waals surface area contributed by atoms with E-state index in [2.05, 4.69) is 28.1 Å². The molecular weight excluding hydrogens is 306 g/mol. The highest BCUT2D eigenvalue weighted by atomic mass is 32.2. The van der Waals surface area contributed by atoms with E-state index >= 15 is 0 Å². The number of benzene rings is 1. The molecular formula is C18H21N3OS. The van der Waals surface area contributed by atoms with Crippen molar-refractivity contribution in [1.29, 1.82) is 0 Å². The van der Waals surface area contributed by atoms with Crippen LogP contribution in [0.15, 0.2) is 53.8 Å². The van der Waals surface area contributed by atoms with E-state index in [1.807, 2.05) is 36.2 Å². The zero-order valence-corrected chi connectivity index (χ0v) is 14.1. The molecule has 0 radical (unpaired) electrons. The maximum absolute atomic E-state index is 5.50. The van der Waals surface area contributed by atoms with Gasteiger partial charge in [-0.2, -0.15) is 0 Å². The second-order valence-corrected chi connectivity index (χ2v) is 6.46. The van der Waals surface area contributed by atoms with Crippen molar-refractivity contribution in [3.63, 3.8) is 0 Å². The fourth-order valence-corrected chi connectivity index (χ4v) is 3.53. The number of para-hydroxylation sites is 1. The molecule has 0 amide bonds. The molecule has 0 saturated carbocycles. The SMILES string of the molecule is COc1ccccc1CN(Cc1cccnc1)C1=NCCCS1. The Morgan fingerprint density at radius 3 is 2.83 bits per heavy atom. The first-order valence-corrected chi connectivity index (χ1v) is 8.78. The normalized spacial score (nSPS) is 14.2. The lowest BCUT2D eigenvalue weighted by molar-refractivity contribution is 0.378. The summed E-state index contributed by atoms with van der Waals surface area (Å²) in [5, 5.41) is 1.12. The molecule has 1 aliphatic heterocycles. The third-order valence-electron chi connectivity index (χ3n) is 3.70. The summed E-state index contributed by atoms with van der Waals surface area (Å²) in [6, 6.07) is 12.3. The van der Waals surface area contributed by atoms with E-state index in [0.717, 1.165) is 42.7 Å². The van der Waals surface area contributed by atoms with Gasteiger partial charge in [-0.1, -0.05) is 36.0 Å². The highest BCUT2D eigenvalue weighted by Gasteiger charge is 2.17. The summed E-state index contributed by atoms with van der Waals surface area (Å²) >= 11 is 1.84. The molecule has 120 valence electrons. The predicted molar refractivity (Wildman–Crippen MR) is 95.9 cm³/mol. The van der Waals surface area contributed by atoms with Crippen molar-refractivity contribution in [1.82, 2.24) is 9.88 Å². The molecule has 0 fully saturated rings. The molecule has 1 aromatic carbocycles. The number of aromatic nitrogens is 1. The van der Waals surface area contributed by atoms with Crippen LogP contribution < -0.4 is 4.74 Å². The molecule has 5 heteroatoms. The van der Waals surface area contributed by atoms with Crippen LogP contribution in [0.2, 0.25) is 0 Å². The van der Waals surface area contributed by atoms with Gasteiger partial charge in [-0.05, 0) is 24.1 Å². The molecule has 4 nitrogen and oxygen atoms in total. The van der Waals surface area contributed by atoms with Gasteiger partial charge in [-0.25, -0.2) is 0 Å². The van der Waals surface area contributed by atoms with Crippen LogP contribution in [0.25, 0.3) is 0 Å². The molecule has 2 aromatic rings. The van der Waals surface area contributed by atoms with Gasteiger partial charge in [-0.15, -0.1) is 0 Å². The Bertz CT molecular complexity index is 660. The van der Waals surface area contributed by atoms with E-state index in [1.165, 1.54) is 11.1 Å². The molecule has 3 rings (SSSR count). The fourth-order valence-electron chi connectivity index (χ4n) is 2.58. The van der Waals surface area contributed by atoms with Crippen LogP contribution in [0.3, 0.4) is 0 Å². The Kier molecular flexibility index (Phi) is 5.53. The second kappa shape index (κ2) is 8.02. The molecule has 0 saturated heterocycles. The van der Waals surface area contributed by atoms with E-state index < -0.39 is 0 Å². The standard InChI is InChI=1S/C18H21N3OS/c1-22-17-8-3-2-7-16(17)14-21(18-20-10-5-11-23-18)13-15-6-4-9-19-12-15/h2-4,6-9,12H,5,10-11,13-14H2,1H3. The van der Waals surface area contributed by atoms with E-state index in [1.54, 1.807) is 13.3 Å². The van der Waals surface area contributed by atoms with E-state index in [-0.39, 0.29) is 0 Å². The summed E-state index contributed by atoms with van der Waals surface area (Å²) < 4.78 is 5.50. The maximum atomic E-state index is 5.50. The largest absolute Gasteiger partial charge is 0.496 e. The van der Waals surface area contributed by atoms with Crippen LogP contribution in [0.4, 0.5) is 0 Å². The molecule has 1 aromatic heterocycles. The Hall–Kier alpha value is -2.01. The van der Waals surface area contributed by atoms with Gasteiger partial charge in [0.1, 0.15) is 5.75 Å². The second-order valence-electron chi connectivity index (χ2n) is 5.40. The number of amidine groups is 1. The number of ether oxygens (including phenoxy) is 1. The number of methoxy groups -OCH3 is 1. The topological polar surface area (TPSA) is 37.7 Å². The first-order chi connectivity index (χ1) is 11.4.